The predicted molar refractivity (Wildman–Crippen MR) is 210 cm³/mol. The highest BCUT2D eigenvalue weighted by Crippen LogP contribution is 2.43. The molecule has 0 aromatic carbocycles. The van der Waals surface area contributed by atoms with Crippen molar-refractivity contribution in [2.24, 2.45) is 0 Å². The molecule has 0 aromatic rings. The molecule has 0 bridgehead atoms. The van der Waals surface area contributed by atoms with Gasteiger partial charge < -0.3 is 24.6 Å². The average molecular weight is 759 g/mol. The minimum Gasteiger partial charge on any atom is -0.462 e. The van der Waals surface area contributed by atoms with Gasteiger partial charge in [-0.25, -0.2) is 4.57 Å². The summed E-state index contributed by atoms with van der Waals surface area (Å²) in [5, 5.41) is 18.3. The first-order valence-electron chi connectivity index (χ1n) is 20.4. The average Bonchev–Trinajstić information content (AvgIpc) is 3.13. The molecule has 304 valence electrons. The number of phosphoric acid groups is 1. The zero-order chi connectivity index (χ0) is 38.4. The summed E-state index contributed by atoms with van der Waals surface area (Å²) in [6, 6.07) is 0. The number of phosphoric ester groups is 1. The summed E-state index contributed by atoms with van der Waals surface area (Å²) in [5.74, 6) is -0.951. The van der Waals surface area contributed by atoms with Crippen molar-refractivity contribution in [2.75, 3.05) is 26.4 Å². The van der Waals surface area contributed by atoms with Crippen LogP contribution in [0.4, 0.5) is 0 Å². The second-order valence-corrected chi connectivity index (χ2v) is 15.1. The Labute approximate surface area is 316 Å². The zero-order valence-corrected chi connectivity index (χ0v) is 33.7. The number of esters is 2. The van der Waals surface area contributed by atoms with Gasteiger partial charge in [-0.3, -0.25) is 18.6 Å². The van der Waals surface area contributed by atoms with Gasteiger partial charge in [-0.1, -0.05) is 127 Å². The fourth-order valence-electron chi connectivity index (χ4n) is 5.31. The quantitative estimate of drug-likeness (QED) is 0.0240. The SMILES string of the molecule is CCCCC/C=C\C/C=C\CCCCCCCC(=O)OC[C@H](COP(=O)(O)OC[C@@H](O)CO)OC(=O)CCCCCCC/C=C\CCCCCCC. The second-order valence-electron chi connectivity index (χ2n) is 13.7. The first-order valence-corrected chi connectivity index (χ1v) is 21.9. The molecule has 3 atom stereocenters. The van der Waals surface area contributed by atoms with Gasteiger partial charge in [0.25, 0.3) is 0 Å². The molecule has 0 rings (SSSR count). The lowest BCUT2D eigenvalue weighted by Gasteiger charge is -2.20. The summed E-state index contributed by atoms with van der Waals surface area (Å²) in [7, 11) is -4.62. The Morgan fingerprint density at radius 1 is 0.577 bits per heavy atom. The third kappa shape index (κ3) is 36.5. The van der Waals surface area contributed by atoms with E-state index in [4.69, 9.17) is 19.1 Å². The van der Waals surface area contributed by atoms with Crippen LogP contribution in [0.3, 0.4) is 0 Å². The molecule has 0 saturated carbocycles. The van der Waals surface area contributed by atoms with Crippen molar-refractivity contribution in [3.05, 3.63) is 36.5 Å². The third-order valence-corrected chi connectivity index (χ3v) is 9.47. The van der Waals surface area contributed by atoms with E-state index in [2.05, 4.69) is 54.8 Å². The van der Waals surface area contributed by atoms with Gasteiger partial charge in [0.1, 0.15) is 12.7 Å². The van der Waals surface area contributed by atoms with E-state index < -0.39 is 51.8 Å². The van der Waals surface area contributed by atoms with Crippen LogP contribution in [-0.4, -0.2) is 65.7 Å². The molecule has 0 aliphatic carbocycles. The molecule has 0 heterocycles. The summed E-state index contributed by atoms with van der Waals surface area (Å²) in [6.45, 7) is 2.31. The van der Waals surface area contributed by atoms with Crippen LogP contribution in [0.1, 0.15) is 174 Å². The molecule has 0 aliphatic heterocycles. The molecular formula is C41H75O10P. The van der Waals surface area contributed by atoms with Gasteiger partial charge in [-0.15, -0.1) is 0 Å². The monoisotopic (exact) mass is 759 g/mol. The van der Waals surface area contributed by atoms with Gasteiger partial charge in [-0.2, -0.15) is 0 Å². The van der Waals surface area contributed by atoms with E-state index >= 15 is 0 Å². The Morgan fingerprint density at radius 3 is 1.54 bits per heavy atom. The van der Waals surface area contributed by atoms with Gasteiger partial charge in [-0.05, 0) is 70.6 Å². The van der Waals surface area contributed by atoms with Gasteiger partial charge in [0.2, 0.25) is 0 Å². The lowest BCUT2D eigenvalue weighted by molar-refractivity contribution is -0.161. The van der Waals surface area contributed by atoms with Crippen LogP contribution in [0, 0.1) is 0 Å². The molecule has 0 aliphatic rings. The van der Waals surface area contributed by atoms with E-state index in [0.717, 1.165) is 83.5 Å². The predicted octanol–water partition coefficient (Wildman–Crippen LogP) is 10.4. The molecule has 0 saturated heterocycles. The lowest BCUT2D eigenvalue weighted by Crippen LogP contribution is -2.29. The number of unbranched alkanes of at least 4 members (excludes halogenated alkanes) is 18. The molecule has 0 spiro atoms. The highest BCUT2D eigenvalue weighted by Gasteiger charge is 2.27. The largest absolute Gasteiger partial charge is 0.472 e. The summed E-state index contributed by atoms with van der Waals surface area (Å²) in [5.41, 5.74) is 0. The maximum Gasteiger partial charge on any atom is 0.472 e. The standard InChI is InChI=1S/C41H75O10P/c1-3-5-7-9-11-13-15-17-19-21-22-24-26-28-30-32-40(44)48-36-39(37-50-52(46,47)49-35-38(43)34-42)51-41(45)33-31-29-27-25-23-20-18-16-14-12-10-8-6-4-2/h11,13,16-19,38-39,42-43H,3-10,12,14-15,20-37H2,1-2H3,(H,46,47)/b13-11-,18-16-,19-17-/t38-,39+/m0/s1. The summed E-state index contributed by atoms with van der Waals surface area (Å²) in [4.78, 5) is 34.9. The molecule has 3 N–H and O–H groups in total. The maximum atomic E-state index is 12.6. The van der Waals surface area contributed by atoms with Gasteiger partial charge >= 0.3 is 19.8 Å². The third-order valence-electron chi connectivity index (χ3n) is 8.52. The van der Waals surface area contributed by atoms with Crippen LogP contribution in [0.5, 0.6) is 0 Å². The minimum atomic E-state index is -4.62. The summed E-state index contributed by atoms with van der Waals surface area (Å²) < 4.78 is 32.6. The number of hydrogen-bond acceptors (Lipinski definition) is 9. The molecular weight excluding hydrogens is 683 g/mol. The normalized spacial score (nSPS) is 14.3. The fraction of sp³-hybridized carbons (Fsp3) is 0.805. The number of ether oxygens (including phenoxy) is 2. The second kappa shape index (κ2) is 37.5. The van der Waals surface area contributed by atoms with E-state index in [-0.39, 0.29) is 19.4 Å². The van der Waals surface area contributed by atoms with Crippen LogP contribution in [0.25, 0.3) is 0 Å². The van der Waals surface area contributed by atoms with Crippen LogP contribution in [-0.2, 0) is 32.7 Å². The molecule has 0 radical (unpaired) electrons. The zero-order valence-electron chi connectivity index (χ0n) is 32.8. The van der Waals surface area contributed by atoms with E-state index in [1.807, 2.05) is 0 Å². The Kier molecular flexibility index (Phi) is 36.2. The number of carbonyl (C=O) groups is 2. The van der Waals surface area contributed by atoms with Crippen molar-refractivity contribution in [1.29, 1.82) is 0 Å². The summed E-state index contributed by atoms with van der Waals surface area (Å²) in [6.07, 6.45) is 36.8. The molecule has 11 heteroatoms. The van der Waals surface area contributed by atoms with Gasteiger partial charge in [0.15, 0.2) is 6.10 Å². The van der Waals surface area contributed by atoms with E-state index in [1.165, 1.54) is 51.4 Å². The van der Waals surface area contributed by atoms with Crippen molar-refractivity contribution in [2.45, 2.75) is 187 Å². The van der Waals surface area contributed by atoms with Gasteiger partial charge in [0, 0.05) is 12.8 Å². The van der Waals surface area contributed by atoms with Crippen molar-refractivity contribution >= 4 is 19.8 Å². The number of aliphatic hydroxyl groups is 2. The maximum absolute atomic E-state index is 12.6. The first-order chi connectivity index (χ1) is 25.2. The molecule has 10 nitrogen and oxygen atoms in total. The van der Waals surface area contributed by atoms with Crippen molar-refractivity contribution in [3.63, 3.8) is 0 Å². The fourth-order valence-corrected chi connectivity index (χ4v) is 6.10. The highest BCUT2D eigenvalue weighted by atomic mass is 31.2. The number of hydrogen-bond donors (Lipinski definition) is 3. The van der Waals surface area contributed by atoms with Crippen LogP contribution in [0.15, 0.2) is 36.5 Å². The lowest BCUT2D eigenvalue weighted by atomic mass is 10.1. The minimum absolute atomic E-state index is 0.171. The Bertz CT molecular complexity index is 967. The Hall–Kier alpha value is -1.81. The number of carbonyl (C=O) groups excluding carboxylic acids is 2. The molecule has 0 fully saturated rings. The topological polar surface area (TPSA) is 149 Å². The molecule has 0 aromatic heterocycles. The van der Waals surface area contributed by atoms with Gasteiger partial charge in [0.05, 0.1) is 19.8 Å². The van der Waals surface area contributed by atoms with Crippen LogP contribution >= 0.6 is 7.82 Å². The first kappa shape index (κ1) is 50.2. The Morgan fingerprint density at radius 2 is 1.00 bits per heavy atom. The molecule has 1 unspecified atom stereocenters. The van der Waals surface area contributed by atoms with Crippen LogP contribution < -0.4 is 0 Å². The van der Waals surface area contributed by atoms with E-state index in [1.54, 1.807) is 0 Å². The number of allylic oxidation sites excluding steroid dienone is 6. The highest BCUT2D eigenvalue weighted by molar-refractivity contribution is 7.47. The van der Waals surface area contributed by atoms with Crippen molar-refractivity contribution in [1.82, 2.24) is 0 Å². The van der Waals surface area contributed by atoms with E-state index in [9.17, 15) is 24.2 Å². The number of aliphatic hydroxyl groups excluding tert-OH is 2. The van der Waals surface area contributed by atoms with E-state index in [0.29, 0.717) is 12.8 Å². The smallest absolute Gasteiger partial charge is 0.462 e. The van der Waals surface area contributed by atoms with Crippen molar-refractivity contribution in [3.8, 4) is 0 Å². The summed E-state index contributed by atoms with van der Waals surface area (Å²) >= 11 is 0. The van der Waals surface area contributed by atoms with Crippen molar-refractivity contribution < 1.29 is 47.8 Å². The number of rotatable bonds is 38. The Balaban J connectivity index is 4.37. The molecule has 0 amide bonds. The van der Waals surface area contributed by atoms with Crippen LogP contribution in [0.2, 0.25) is 0 Å². The molecule has 52 heavy (non-hydrogen) atoms.